The van der Waals surface area contributed by atoms with Gasteiger partial charge in [-0.05, 0) is 31.9 Å². The first kappa shape index (κ1) is 14.9. The number of hydrogen-bond donors (Lipinski definition) is 1. The van der Waals surface area contributed by atoms with Crippen molar-refractivity contribution in [2.75, 3.05) is 6.54 Å². The third-order valence-electron chi connectivity index (χ3n) is 3.99. The summed E-state index contributed by atoms with van der Waals surface area (Å²) in [6.07, 6.45) is 2.53. The molecule has 0 unspecified atom stereocenters. The van der Waals surface area contributed by atoms with Crippen LogP contribution in [0.1, 0.15) is 31.7 Å². The van der Waals surface area contributed by atoms with Crippen molar-refractivity contribution in [3.8, 4) is 0 Å². The molecule has 0 bridgehead atoms. The molecule has 0 radical (unpaired) electrons. The second kappa shape index (κ2) is 6.31. The monoisotopic (exact) mass is 282 g/mol. The van der Waals surface area contributed by atoms with E-state index in [1.807, 2.05) is 0 Å². The van der Waals surface area contributed by atoms with Crippen LogP contribution in [0.2, 0.25) is 0 Å². The van der Waals surface area contributed by atoms with Gasteiger partial charge in [-0.1, -0.05) is 12.5 Å². The largest absolute Gasteiger partial charge is 0.338 e. The molecule has 0 saturated heterocycles. The highest BCUT2D eigenvalue weighted by Crippen LogP contribution is 2.27. The van der Waals surface area contributed by atoms with Crippen LogP contribution in [0.3, 0.4) is 0 Å². The number of carbonyl (C=O) groups is 1. The van der Waals surface area contributed by atoms with Crippen LogP contribution < -0.4 is 5.73 Å². The zero-order valence-corrected chi connectivity index (χ0v) is 11.6. The third-order valence-corrected chi connectivity index (χ3v) is 3.99. The summed E-state index contributed by atoms with van der Waals surface area (Å²) >= 11 is 0. The van der Waals surface area contributed by atoms with Crippen LogP contribution in [-0.4, -0.2) is 23.4 Å². The molecule has 1 amide bonds. The molecule has 1 aliphatic carbocycles. The predicted octanol–water partition coefficient (Wildman–Crippen LogP) is 2.44. The Labute approximate surface area is 117 Å². The minimum Gasteiger partial charge on any atom is -0.338 e. The molecule has 2 atom stereocenters. The summed E-state index contributed by atoms with van der Waals surface area (Å²) in [6.45, 7) is 2.17. The molecule has 1 aromatic carbocycles. The summed E-state index contributed by atoms with van der Waals surface area (Å²) in [4.78, 5) is 13.9. The Morgan fingerprint density at radius 3 is 2.50 bits per heavy atom. The van der Waals surface area contributed by atoms with E-state index in [4.69, 9.17) is 5.73 Å². The Hall–Kier alpha value is -1.49. The summed E-state index contributed by atoms with van der Waals surface area (Å²) in [5.41, 5.74) is 5.87. The van der Waals surface area contributed by atoms with Gasteiger partial charge in [0.05, 0.1) is 12.5 Å². The van der Waals surface area contributed by atoms with E-state index in [2.05, 4.69) is 0 Å². The van der Waals surface area contributed by atoms with Gasteiger partial charge in [-0.3, -0.25) is 4.79 Å². The summed E-state index contributed by atoms with van der Waals surface area (Å²) in [6, 6.07) is 3.59. The van der Waals surface area contributed by atoms with Gasteiger partial charge in [0.15, 0.2) is 0 Å². The van der Waals surface area contributed by atoms with Gasteiger partial charge in [0.1, 0.15) is 11.6 Å². The van der Waals surface area contributed by atoms with Crippen molar-refractivity contribution < 1.29 is 13.6 Å². The van der Waals surface area contributed by atoms with Gasteiger partial charge >= 0.3 is 0 Å². The molecule has 3 nitrogen and oxygen atoms in total. The Kier molecular flexibility index (Phi) is 4.70. The highest BCUT2D eigenvalue weighted by atomic mass is 19.1. The van der Waals surface area contributed by atoms with Gasteiger partial charge in [0, 0.05) is 18.2 Å². The number of hydrogen-bond acceptors (Lipinski definition) is 2. The van der Waals surface area contributed by atoms with Gasteiger partial charge in [-0.2, -0.15) is 0 Å². The average Bonchev–Trinajstić information content (AvgIpc) is 2.84. The number of halogens is 2. The van der Waals surface area contributed by atoms with E-state index in [9.17, 15) is 13.6 Å². The molecule has 5 heteroatoms. The maximum atomic E-state index is 13.7. The molecule has 2 N–H and O–H groups in total. The predicted molar refractivity (Wildman–Crippen MR) is 72.8 cm³/mol. The fourth-order valence-corrected chi connectivity index (χ4v) is 2.75. The Morgan fingerprint density at radius 2 is 2.00 bits per heavy atom. The van der Waals surface area contributed by atoms with Crippen molar-refractivity contribution in [1.29, 1.82) is 0 Å². The second-order valence-electron chi connectivity index (χ2n) is 5.25. The first-order valence-corrected chi connectivity index (χ1v) is 7.01. The van der Waals surface area contributed by atoms with Crippen LogP contribution in [0, 0.1) is 17.6 Å². The lowest BCUT2D eigenvalue weighted by Crippen LogP contribution is -2.41. The molecule has 20 heavy (non-hydrogen) atoms. The SMILES string of the molecule is CCN(Cc1c(F)cccc1F)C(=O)[C@H]1CCC[C@H]1N. The lowest BCUT2D eigenvalue weighted by Gasteiger charge is -2.26. The lowest BCUT2D eigenvalue weighted by molar-refractivity contribution is -0.136. The standard InChI is InChI=1S/C15H20F2N2O/c1-2-19(15(20)10-5-3-8-14(10)18)9-11-12(16)6-4-7-13(11)17/h4,6-7,10,14H,2-3,5,8-9,18H2,1H3/t10-,14+/m0/s1. The van der Waals surface area contributed by atoms with Crippen LogP contribution in [0.5, 0.6) is 0 Å². The van der Waals surface area contributed by atoms with E-state index in [0.717, 1.165) is 19.3 Å². The summed E-state index contributed by atoms with van der Waals surface area (Å²) < 4.78 is 27.3. The highest BCUT2D eigenvalue weighted by Gasteiger charge is 2.33. The molecule has 1 aliphatic rings. The van der Waals surface area contributed by atoms with Crippen LogP contribution in [0.15, 0.2) is 18.2 Å². The van der Waals surface area contributed by atoms with Crippen molar-refractivity contribution in [3.63, 3.8) is 0 Å². The summed E-state index contributed by atoms with van der Waals surface area (Å²) in [5.74, 6) is -1.55. The molecule has 0 aliphatic heterocycles. The maximum Gasteiger partial charge on any atom is 0.227 e. The first-order valence-electron chi connectivity index (χ1n) is 7.01. The molecule has 0 spiro atoms. The van der Waals surface area contributed by atoms with Gasteiger partial charge < -0.3 is 10.6 Å². The van der Waals surface area contributed by atoms with E-state index < -0.39 is 11.6 Å². The zero-order chi connectivity index (χ0) is 14.7. The van der Waals surface area contributed by atoms with Crippen molar-refractivity contribution in [2.45, 2.75) is 38.8 Å². The molecule has 0 heterocycles. The highest BCUT2D eigenvalue weighted by molar-refractivity contribution is 5.79. The lowest BCUT2D eigenvalue weighted by atomic mass is 10.0. The van der Waals surface area contributed by atoms with Crippen LogP contribution in [-0.2, 0) is 11.3 Å². The molecule has 1 saturated carbocycles. The van der Waals surface area contributed by atoms with E-state index in [1.165, 1.54) is 23.1 Å². The van der Waals surface area contributed by atoms with E-state index >= 15 is 0 Å². The minimum absolute atomic E-state index is 0.0446. The number of nitrogens with zero attached hydrogens (tertiary/aromatic N) is 1. The van der Waals surface area contributed by atoms with E-state index in [-0.39, 0.29) is 30.0 Å². The second-order valence-corrected chi connectivity index (χ2v) is 5.25. The number of rotatable bonds is 4. The number of amides is 1. The van der Waals surface area contributed by atoms with Crippen molar-refractivity contribution >= 4 is 5.91 Å². The van der Waals surface area contributed by atoms with Crippen LogP contribution in [0.4, 0.5) is 8.78 Å². The number of nitrogens with two attached hydrogens (primary N) is 1. The van der Waals surface area contributed by atoms with Crippen molar-refractivity contribution in [1.82, 2.24) is 4.90 Å². The maximum absolute atomic E-state index is 13.7. The molecule has 2 rings (SSSR count). The number of benzene rings is 1. The minimum atomic E-state index is -0.619. The van der Waals surface area contributed by atoms with Gasteiger partial charge in [0.2, 0.25) is 5.91 Å². The Bertz CT molecular complexity index is 473. The van der Waals surface area contributed by atoms with Crippen LogP contribution in [0.25, 0.3) is 0 Å². The smallest absolute Gasteiger partial charge is 0.227 e. The van der Waals surface area contributed by atoms with Crippen LogP contribution >= 0.6 is 0 Å². The topological polar surface area (TPSA) is 46.3 Å². The fourth-order valence-electron chi connectivity index (χ4n) is 2.75. The molecule has 1 fully saturated rings. The molecular weight excluding hydrogens is 262 g/mol. The summed E-state index contributed by atoms with van der Waals surface area (Å²) in [5, 5.41) is 0. The van der Waals surface area contributed by atoms with E-state index in [0.29, 0.717) is 6.54 Å². The fraction of sp³-hybridized carbons (Fsp3) is 0.533. The van der Waals surface area contributed by atoms with Crippen molar-refractivity contribution in [2.24, 2.45) is 11.7 Å². The summed E-state index contributed by atoms with van der Waals surface area (Å²) in [7, 11) is 0. The number of carbonyl (C=O) groups excluding carboxylic acids is 1. The molecule has 0 aromatic heterocycles. The zero-order valence-electron chi connectivity index (χ0n) is 11.6. The van der Waals surface area contributed by atoms with Gasteiger partial charge in [0.25, 0.3) is 0 Å². The normalized spacial score (nSPS) is 22.0. The average molecular weight is 282 g/mol. The van der Waals surface area contributed by atoms with Gasteiger partial charge in [-0.25, -0.2) is 8.78 Å². The molecule has 1 aromatic rings. The van der Waals surface area contributed by atoms with Crippen molar-refractivity contribution in [3.05, 3.63) is 35.4 Å². The molecule has 110 valence electrons. The Balaban J connectivity index is 2.14. The quantitative estimate of drug-likeness (QED) is 0.922. The first-order chi connectivity index (χ1) is 9.54. The third kappa shape index (κ3) is 2.98. The molecular formula is C15H20F2N2O. The Morgan fingerprint density at radius 1 is 1.35 bits per heavy atom. The van der Waals surface area contributed by atoms with E-state index in [1.54, 1.807) is 6.92 Å². The van der Waals surface area contributed by atoms with Gasteiger partial charge in [-0.15, -0.1) is 0 Å².